The highest BCUT2D eigenvalue weighted by molar-refractivity contribution is 5.94. The van der Waals surface area contributed by atoms with Crippen LogP contribution in [0.15, 0.2) is 18.3 Å². The van der Waals surface area contributed by atoms with Crippen molar-refractivity contribution in [3.63, 3.8) is 0 Å². The summed E-state index contributed by atoms with van der Waals surface area (Å²) in [6, 6.07) is 3.96. The van der Waals surface area contributed by atoms with Crippen molar-refractivity contribution in [3.8, 4) is 0 Å². The molecule has 126 valence electrons. The van der Waals surface area contributed by atoms with Gasteiger partial charge in [-0.3, -0.25) is 4.79 Å². The summed E-state index contributed by atoms with van der Waals surface area (Å²) < 4.78 is 0. The lowest BCUT2D eigenvalue weighted by molar-refractivity contribution is 0.0762. The van der Waals surface area contributed by atoms with Crippen LogP contribution in [-0.4, -0.2) is 67.0 Å². The summed E-state index contributed by atoms with van der Waals surface area (Å²) in [5.74, 6) is 1.13. The Morgan fingerprint density at radius 3 is 2.39 bits per heavy atom. The zero-order valence-electron chi connectivity index (χ0n) is 14.2. The molecule has 3 heterocycles. The molecule has 2 saturated heterocycles. The van der Waals surface area contributed by atoms with Crippen molar-refractivity contribution in [2.24, 2.45) is 0 Å². The number of amides is 1. The molecular weight excluding hydrogens is 288 g/mol. The van der Waals surface area contributed by atoms with Crippen molar-refractivity contribution in [3.05, 3.63) is 23.9 Å². The van der Waals surface area contributed by atoms with E-state index in [2.05, 4.69) is 21.8 Å². The Labute approximate surface area is 139 Å². The fourth-order valence-corrected chi connectivity index (χ4v) is 3.43. The monoisotopic (exact) mass is 316 g/mol. The van der Waals surface area contributed by atoms with Gasteiger partial charge in [-0.25, -0.2) is 4.98 Å². The number of rotatable bonds is 2. The zero-order valence-corrected chi connectivity index (χ0v) is 14.2. The molecule has 1 aromatic rings. The second kappa shape index (κ2) is 7.77. The quantitative estimate of drug-likeness (QED) is 0.839. The average molecular weight is 316 g/mol. The fourth-order valence-electron chi connectivity index (χ4n) is 3.43. The number of nitrogens with zero attached hydrogens (tertiary/aromatic N) is 4. The van der Waals surface area contributed by atoms with E-state index in [0.717, 1.165) is 51.5 Å². The first kappa shape index (κ1) is 16.2. The maximum absolute atomic E-state index is 12.7. The summed E-state index contributed by atoms with van der Waals surface area (Å²) in [4.78, 5) is 23.8. The molecule has 2 aliphatic rings. The van der Waals surface area contributed by atoms with Gasteiger partial charge in [0.25, 0.3) is 5.91 Å². The highest BCUT2D eigenvalue weighted by Crippen LogP contribution is 2.18. The minimum atomic E-state index is 0.121. The molecule has 0 atom stereocenters. The number of hydrogen-bond acceptors (Lipinski definition) is 4. The minimum absolute atomic E-state index is 0.121. The summed E-state index contributed by atoms with van der Waals surface area (Å²) in [6.07, 6.45) is 7.92. The molecule has 1 aromatic heterocycles. The lowest BCUT2D eigenvalue weighted by Crippen LogP contribution is -2.34. The predicted octanol–water partition coefficient (Wildman–Crippen LogP) is 2.24. The van der Waals surface area contributed by atoms with Crippen LogP contribution in [0.3, 0.4) is 0 Å². The van der Waals surface area contributed by atoms with Gasteiger partial charge < -0.3 is 14.7 Å². The Hall–Kier alpha value is -1.62. The van der Waals surface area contributed by atoms with Crippen LogP contribution in [0.5, 0.6) is 0 Å². The molecule has 3 rings (SSSR count). The van der Waals surface area contributed by atoms with Crippen LogP contribution >= 0.6 is 0 Å². The Kier molecular flexibility index (Phi) is 5.49. The third kappa shape index (κ3) is 4.22. The first-order valence-electron chi connectivity index (χ1n) is 8.93. The number of anilines is 1. The van der Waals surface area contributed by atoms with Crippen molar-refractivity contribution in [2.45, 2.75) is 32.1 Å². The van der Waals surface area contributed by atoms with Crippen molar-refractivity contribution >= 4 is 11.7 Å². The second-order valence-electron chi connectivity index (χ2n) is 6.76. The number of hydrogen-bond donors (Lipinski definition) is 0. The van der Waals surface area contributed by atoms with E-state index in [4.69, 9.17) is 0 Å². The van der Waals surface area contributed by atoms with Crippen LogP contribution in [0, 0.1) is 0 Å². The maximum atomic E-state index is 12.7. The van der Waals surface area contributed by atoms with Crippen LogP contribution < -0.4 is 4.90 Å². The predicted molar refractivity (Wildman–Crippen MR) is 92.9 cm³/mol. The fraction of sp³-hybridized carbons (Fsp3) is 0.667. The van der Waals surface area contributed by atoms with E-state index in [1.165, 1.54) is 25.7 Å². The van der Waals surface area contributed by atoms with Crippen LogP contribution in [0.25, 0.3) is 0 Å². The Morgan fingerprint density at radius 2 is 1.70 bits per heavy atom. The molecule has 2 aliphatic heterocycles. The first-order valence-corrected chi connectivity index (χ1v) is 8.93. The van der Waals surface area contributed by atoms with Gasteiger partial charge in [0.2, 0.25) is 0 Å². The van der Waals surface area contributed by atoms with E-state index in [1.807, 2.05) is 17.0 Å². The lowest BCUT2D eigenvalue weighted by Gasteiger charge is -2.23. The van der Waals surface area contributed by atoms with Crippen LogP contribution in [0.1, 0.15) is 42.5 Å². The van der Waals surface area contributed by atoms with Gasteiger partial charge in [0.05, 0.1) is 5.56 Å². The van der Waals surface area contributed by atoms with E-state index < -0.39 is 0 Å². The zero-order chi connectivity index (χ0) is 16.1. The molecule has 0 aromatic carbocycles. The van der Waals surface area contributed by atoms with E-state index in [1.54, 1.807) is 6.20 Å². The van der Waals surface area contributed by atoms with Gasteiger partial charge in [0, 0.05) is 38.9 Å². The molecule has 0 spiro atoms. The molecule has 2 fully saturated rings. The molecule has 0 N–H and O–H groups in total. The summed E-state index contributed by atoms with van der Waals surface area (Å²) in [6.45, 7) is 5.83. The molecule has 0 aliphatic carbocycles. The number of aromatic nitrogens is 1. The Bertz CT molecular complexity index is 508. The molecular formula is C18H28N4O. The van der Waals surface area contributed by atoms with Gasteiger partial charge in [0.1, 0.15) is 5.82 Å². The smallest absolute Gasteiger partial charge is 0.255 e. The van der Waals surface area contributed by atoms with Gasteiger partial charge in [-0.2, -0.15) is 0 Å². The van der Waals surface area contributed by atoms with Gasteiger partial charge in [-0.1, -0.05) is 12.8 Å². The molecule has 0 bridgehead atoms. The first-order chi connectivity index (χ1) is 11.2. The van der Waals surface area contributed by atoms with Crippen molar-refractivity contribution < 1.29 is 4.79 Å². The van der Waals surface area contributed by atoms with E-state index >= 15 is 0 Å². The topological polar surface area (TPSA) is 39.7 Å². The van der Waals surface area contributed by atoms with E-state index in [0.29, 0.717) is 5.56 Å². The maximum Gasteiger partial charge on any atom is 0.255 e. The molecule has 1 amide bonds. The third-order valence-corrected chi connectivity index (χ3v) is 4.93. The third-order valence-electron chi connectivity index (χ3n) is 4.93. The highest BCUT2D eigenvalue weighted by atomic mass is 16.2. The SMILES string of the molecule is CN1CCCN(C(=O)c2ccc(N3CCCCCC3)nc2)CC1. The van der Waals surface area contributed by atoms with Crippen molar-refractivity contribution in [1.82, 2.24) is 14.8 Å². The van der Waals surface area contributed by atoms with Crippen LogP contribution in [-0.2, 0) is 0 Å². The summed E-state index contributed by atoms with van der Waals surface area (Å²) in [7, 11) is 2.12. The number of likely N-dealkylation sites (N-methyl/N-ethyl adjacent to an activating group) is 1. The van der Waals surface area contributed by atoms with Crippen molar-refractivity contribution in [2.75, 3.05) is 51.2 Å². The van der Waals surface area contributed by atoms with E-state index in [9.17, 15) is 4.79 Å². The second-order valence-corrected chi connectivity index (χ2v) is 6.76. The van der Waals surface area contributed by atoms with Crippen LogP contribution in [0.4, 0.5) is 5.82 Å². The van der Waals surface area contributed by atoms with Crippen LogP contribution in [0.2, 0.25) is 0 Å². The van der Waals surface area contributed by atoms with Gasteiger partial charge in [0.15, 0.2) is 0 Å². The molecule has 0 unspecified atom stereocenters. The summed E-state index contributed by atoms with van der Waals surface area (Å²) >= 11 is 0. The Balaban J connectivity index is 1.65. The summed E-state index contributed by atoms with van der Waals surface area (Å²) in [5.41, 5.74) is 0.716. The average Bonchev–Trinajstić information content (AvgIpc) is 2.97. The molecule has 5 heteroatoms. The normalized spacial score (nSPS) is 20.9. The summed E-state index contributed by atoms with van der Waals surface area (Å²) in [5, 5.41) is 0. The van der Waals surface area contributed by atoms with Gasteiger partial charge >= 0.3 is 0 Å². The minimum Gasteiger partial charge on any atom is -0.357 e. The number of carbonyl (C=O) groups excluding carboxylic acids is 1. The number of pyridine rings is 1. The number of carbonyl (C=O) groups is 1. The molecule has 5 nitrogen and oxygen atoms in total. The molecule has 23 heavy (non-hydrogen) atoms. The standard InChI is InChI=1S/C18H28N4O/c1-20-9-6-12-22(14-13-20)18(23)16-7-8-17(19-15-16)21-10-4-2-3-5-11-21/h7-8,15H,2-6,9-14H2,1H3. The lowest BCUT2D eigenvalue weighted by atomic mass is 10.2. The largest absolute Gasteiger partial charge is 0.357 e. The van der Waals surface area contributed by atoms with E-state index in [-0.39, 0.29) is 5.91 Å². The molecule has 0 radical (unpaired) electrons. The van der Waals surface area contributed by atoms with Gasteiger partial charge in [-0.05, 0) is 45.0 Å². The van der Waals surface area contributed by atoms with Crippen molar-refractivity contribution in [1.29, 1.82) is 0 Å². The van der Waals surface area contributed by atoms with Gasteiger partial charge in [-0.15, -0.1) is 0 Å². The molecule has 0 saturated carbocycles. The highest BCUT2D eigenvalue weighted by Gasteiger charge is 2.19. The Morgan fingerprint density at radius 1 is 0.913 bits per heavy atom.